The number of halogens is 1. The van der Waals surface area contributed by atoms with Crippen molar-refractivity contribution in [2.45, 2.75) is 26.4 Å². The van der Waals surface area contributed by atoms with Crippen LogP contribution in [0.15, 0.2) is 45.3 Å². The van der Waals surface area contributed by atoms with E-state index in [4.69, 9.17) is 10.5 Å². The fraction of sp³-hybridized carbons (Fsp3) is 0.222. The number of hydrogen-bond donors (Lipinski definition) is 1. The minimum atomic E-state index is -0.590. The van der Waals surface area contributed by atoms with Gasteiger partial charge in [-0.15, -0.1) is 0 Å². The molecule has 1 aromatic heterocycles. The van der Waals surface area contributed by atoms with Crippen LogP contribution in [0.2, 0.25) is 0 Å². The van der Waals surface area contributed by atoms with Crippen molar-refractivity contribution in [3.63, 3.8) is 0 Å². The highest BCUT2D eigenvalue weighted by Gasteiger charge is 2.33. The first-order chi connectivity index (χ1) is 11.2. The molecule has 1 aromatic carbocycles. The average molecular weight is 386 g/mol. The molecule has 1 aliphatic heterocycles. The second kappa shape index (κ2) is 5.53. The Morgan fingerprint density at radius 2 is 2.04 bits per heavy atom. The molecule has 0 radical (unpaired) electrons. The Hall–Kier alpha value is -2.52. The molecular weight excluding hydrogens is 370 g/mol. The number of benzene rings is 1. The van der Waals surface area contributed by atoms with Crippen molar-refractivity contribution in [3.8, 4) is 11.8 Å². The molecule has 6 heteroatoms. The summed E-state index contributed by atoms with van der Waals surface area (Å²) in [5.74, 6) is 0.630. The average Bonchev–Trinajstić information content (AvgIpc) is 2.52. The summed E-state index contributed by atoms with van der Waals surface area (Å²) in [5.41, 5.74) is 7.86. The summed E-state index contributed by atoms with van der Waals surface area (Å²) in [6, 6.07) is 8.88. The van der Waals surface area contributed by atoms with E-state index < -0.39 is 5.60 Å². The lowest BCUT2D eigenvalue weighted by Gasteiger charge is -2.36. The van der Waals surface area contributed by atoms with E-state index in [1.807, 2.05) is 20.8 Å². The van der Waals surface area contributed by atoms with Gasteiger partial charge in [-0.2, -0.15) is 5.26 Å². The Morgan fingerprint density at radius 3 is 2.71 bits per heavy atom. The quantitative estimate of drug-likeness (QED) is 0.813. The second-order valence-electron chi connectivity index (χ2n) is 6.20. The lowest BCUT2D eigenvalue weighted by atomic mass is 9.90. The first-order valence-electron chi connectivity index (χ1n) is 7.37. The Bertz CT molecular complexity index is 981. The molecule has 0 spiro atoms. The normalized spacial score (nSPS) is 15.5. The van der Waals surface area contributed by atoms with Crippen LogP contribution in [0, 0.1) is 11.3 Å². The van der Waals surface area contributed by atoms with Crippen LogP contribution in [0.4, 0.5) is 5.69 Å². The number of fused-ring (bicyclic) bond motifs is 1. The number of hydrogen-bond acceptors (Lipinski definition) is 4. The van der Waals surface area contributed by atoms with E-state index in [9.17, 15) is 10.1 Å². The van der Waals surface area contributed by atoms with Gasteiger partial charge in [0.1, 0.15) is 11.4 Å². The highest BCUT2D eigenvalue weighted by molar-refractivity contribution is 9.10. The molecule has 2 N–H and O–H groups in total. The van der Waals surface area contributed by atoms with Gasteiger partial charge in [-0.1, -0.05) is 0 Å². The van der Waals surface area contributed by atoms with Gasteiger partial charge in [0, 0.05) is 16.2 Å². The molecular formula is C18H16BrN3O2. The van der Waals surface area contributed by atoms with Crippen LogP contribution in [0.25, 0.3) is 5.70 Å². The van der Waals surface area contributed by atoms with E-state index in [-0.39, 0.29) is 11.2 Å². The molecule has 0 atom stereocenters. The lowest BCUT2D eigenvalue weighted by molar-refractivity contribution is 0.143. The minimum Gasteiger partial charge on any atom is -0.483 e. The van der Waals surface area contributed by atoms with Crippen LogP contribution >= 0.6 is 15.9 Å². The van der Waals surface area contributed by atoms with Gasteiger partial charge in [0.2, 0.25) is 0 Å². The molecule has 24 heavy (non-hydrogen) atoms. The zero-order valence-corrected chi connectivity index (χ0v) is 15.1. The Balaban J connectivity index is 2.41. The van der Waals surface area contributed by atoms with Gasteiger partial charge >= 0.3 is 0 Å². The molecule has 2 heterocycles. The SMILES string of the molecule is CC1=C(n2cc(Br)cc(N)c2=O)c2cc(C#N)ccc2OC1(C)C. The van der Waals surface area contributed by atoms with E-state index in [1.165, 1.54) is 4.57 Å². The summed E-state index contributed by atoms with van der Waals surface area (Å²) >= 11 is 3.38. The largest absolute Gasteiger partial charge is 0.483 e. The first-order valence-corrected chi connectivity index (χ1v) is 8.17. The monoisotopic (exact) mass is 385 g/mol. The molecule has 2 aromatic rings. The molecule has 0 fully saturated rings. The summed E-state index contributed by atoms with van der Waals surface area (Å²) < 4.78 is 8.27. The summed E-state index contributed by atoms with van der Waals surface area (Å²) in [6.07, 6.45) is 1.68. The number of aromatic nitrogens is 1. The Morgan fingerprint density at radius 1 is 1.33 bits per heavy atom. The van der Waals surface area contributed by atoms with Crippen molar-refractivity contribution in [1.82, 2.24) is 4.57 Å². The van der Waals surface area contributed by atoms with Crippen molar-refractivity contribution in [1.29, 1.82) is 5.26 Å². The molecule has 0 aliphatic carbocycles. The van der Waals surface area contributed by atoms with Gasteiger partial charge in [-0.3, -0.25) is 9.36 Å². The fourth-order valence-corrected chi connectivity index (χ4v) is 3.21. The van der Waals surface area contributed by atoms with Crippen molar-refractivity contribution >= 4 is 27.3 Å². The fourth-order valence-electron chi connectivity index (χ4n) is 2.76. The van der Waals surface area contributed by atoms with E-state index in [2.05, 4.69) is 22.0 Å². The van der Waals surface area contributed by atoms with Crippen molar-refractivity contribution in [2.24, 2.45) is 0 Å². The number of rotatable bonds is 1. The number of nitriles is 1. The number of nitrogen functional groups attached to an aromatic ring is 1. The summed E-state index contributed by atoms with van der Waals surface area (Å²) in [4.78, 5) is 12.6. The Kier molecular flexibility index (Phi) is 3.77. The van der Waals surface area contributed by atoms with E-state index in [1.54, 1.807) is 30.5 Å². The zero-order valence-electron chi connectivity index (χ0n) is 13.6. The van der Waals surface area contributed by atoms with Crippen molar-refractivity contribution < 1.29 is 4.74 Å². The lowest BCUT2D eigenvalue weighted by Crippen LogP contribution is -2.36. The molecule has 0 amide bonds. The van der Waals surface area contributed by atoms with Gasteiger partial charge in [0.25, 0.3) is 5.56 Å². The molecule has 122 valence electrons. The van der Waals surface area contributed by atoms with Gasteiger partial charge in [-0.05, 0) is 66.5 Å². The molecule has 1 aliphatic rings. The van der Waals surface area contributed by atoms with E-state index in [0.717, 1.165) is 5.57 Å². The molecule has 3 rings (SSSR count). The predicted molar refractivity (Wildman–Crippen MR) is 96.7 cm³/mol. The predicted octanol–water partition coefficient (Wildman–Crippen LogP) is 3.51. The molecule has 0 bridgehead atoms. The van der Waals surface area contributed by atoms with Gasteiger partial charge in [-0.25, -0.2) is 0 Å². The van der Waals surface area contributed by atoms with E-state index >= 15 is 0 Å². The van der Waals surface area contributed by atoms with Crippen LogP contribution < -0.4 is 16.0 Å². The highest BCUT2D eigenvalue weighted by Crippen LogP contribution is 2.41. The molecule has 0 saturated carbocycles. The van der Waals surface area contributed by atoms with Gasteiger partial charge in [0.15, 0.2) is 0 Å². The summed E-state index contributed by atoms with van der Waals surface area (Å²) in [7, 11) is 0. The topological polar surface area (TPSA) is 81.0 Å². The molecule has 0 saturated heterocycles. The second-order valence-corrected chi connectivity index (χ2v) is 7.11. The van der Waals surface area contributed by atoms with Crippen molar-refractivity contribution in [2.75, 3.05) is 5.73 Å². The minimum absolute atomic E-state index is 0.145. The van der Waals surface area contributed by atoms with Gasteiger partial charge < -0.3 is 10.5 Å². The maximum absolute atomic E-state index is 12.6. The standard InChI is InChI=1S/C18H16BrN3O2/c1-10-16(22-9-12(19)7-14(21)17(22)23)13-6-11(8-20)4-5-15(13)24-18(10,2)3/h4-7,9H,21H2,1-3H3. The number of pyridine rings is 1. The van der Waals surface area contributed by atoms with Crippen LogP contribution in [0.3, 0.4) is 0 Å². The highest BCUT2D eigenvalue weighted by atomic mass is 79.9. The smallest absolute Gasteiger partial charge is 0.278 e. The molecule has 5 nitrogen and oxygen atoms in total. The van der Waals surface area contributed by atoms with Crippen LogP contribution in [0.1, 0.15) is 31.9 Å². The molecule has 0 unspecified atom stereocenters. The number of nitrogens with zero attached hydrogens (tertiary/aromatic N) is 2. The number of anilines is 1. The number of nitrogens with two attached hydrogens (primary N) is 1. The van der Waals surface area contributed by atoms with Crippen LogP contribution in [-0.4, -0.2) is 10.2 Å². The summed E-state index contributed by atoms with van der Waals surface area (Å²) in [5, 5.41) is 9.20. The van der Waals surface area contributed by atoms with Gasteiger partial charge in [0.05, 0.1) is 23.0 Å². The summed E-state index contributed by atoms with van der Waals surface area (Å²) in [6.45, 7) is 5.80. The third-order valence-corrected chi connectivity index (χ3v) is 4.67. The third-order valence-electron chi connectivity index (χ3n) is 4.24. The van der Waals surface area contributed by atoms with E-state index in [0.29, 0.717) is 27.0 Å². The maximum Gasteiger partial charge on any atom is 0.278 e. The van der Waals surface area contributed by atoms with Crippen LogP contribution in [-0.2, 0) is 0 Å². The Labute approximate surface area is 148 Å². The van der Waals surface area contributed by atoms with Crippen molar-refractivity contribution in [3.05, 3.63) is 62.0 Å². The third kappa shape index (κ3) is 2.51. The number of ether oxygens (including phenoxy) is 1. The zero-order chi connectivity index (χ0) is 17.6. The first kappa shape index (κ1) is 16.3. The maximum atomic E-state index is 12.6. The van der Waals surface area contributed by atoms with Crippen LogP contribution in [0.5, 0.6) is 5.75 Å².